The van der Waals surface area contributed by atoms with Crippen LogP contribution < -0.4 is 5.73 Å². The van der Waals surface area contributed by atoms with Crippen molar-refractivity contribution in [3.8, 4) is 0 Å². The van der Waals surface area contributed by atoms with Gasteiger partial charge in [0.25, 0.3) is 0 Å². The van der Waals surface area contributed by atoms with Crippen LogP contribution in [-0.2, 0) is 37.5 Å². The Labute approximate surface area is 338 Å². The number of carboxylic acid groups (broad SMARTS) is 1. The number of phosphoric ester groups is 1. The molecule has 0 aliphatic carbocycles. The summed E-state index contributed by atoms with van der Waals surface area (Å²) in [5, 5.41) is 8.88. The van der Waals surface area contributed by atoms with Crippen molar-refractivity contribution in [3.63, 3.8) is 0 Å². The van der Waals surface area contributed by atoms with Crippen LogP contribution in [0.1, 0.15) is 155 Å². The van der Waals surface area contributed by atoms with E-state index in [9.17, 15) is 23.8 Å². The van der Waals surface area contributed by atoms with Crippen LogP contribution in [0.15, 0.2) is 72.9 Å². The summed E-state index contributed by atoms with van der Waals surface area (Å²) < 4.78 is 32.6. The number of allylic oxidation sites excluding steroid dienone is 12. The van der Waals surface area contributed by atoms with Gasteiger partial charge in [-0.05, 0) is 77.0 Å². The van der Waals surface area contributed by atoms with Crippen LogP contribution in [-0.4, -0.2) is 59.9 Å². The Hall–Kier alpha value is -3.08. The van der Waals surface area contributed by atoms with Gasteiger partial charge in [-0.15, -0.1) is 0 Å². The average Bonchev–Trinajstić information content (AvgIpc) is 3.17. The van der Waals surface area contributed by atoms with E-state index in [-0.39, 0.29) is 19.4 Å². The highest BCUT2D eigenvalue weighted by molar-refractivity contribution is 7.47. The first-order valence-electron chi connectivity index (χ1n) is 21.0. The lowest BCUT2D eigenvalue weighted by molar-refractivity contribution is -0.161. The van der Waals surface area contributed by atoms with Gasteiger partial charge in [-0.1, -0.05) is 138 Å². The maximum Gasteiger partial charge on any atom is 0.472 e. The second kappa shape index (κ2) is 38.8. The molecule has 0 rings (SSSR count). The zero-order chi connectivity index (χ0) is 41.4. The van der Waals surface area contributed by atoms with E-state index in [0.29, 0.717) is 19.3 Å². The number of nitrogens with two attached hydrogens (primary N) is 1. The summed E-state index contributed by atoms with van der Waals surface area (Å²) in [7, 11) is -4.74. The minimum Gasteiger partial charge on any atom is -0.480 e. The van der Waals surface area contributed by atoms with E-state index >= 15 is 0 Å². The highest BCUT2D eigenvalue weighted by Gasteiger charge is 2.28. The fraction of sp³-hybridized carbons (Fsp3) is 0.659. The summed E-state index contributed by atoms with van der Waals surface area (Å²) in [6.07, 6.45) is 45.4. The van der Waals surface area contributed by atoms with Crippen LogP contribution >= 0.6 is 7.82 Å². The topological polar surface area (TPSA) is 172 Å². The smallest absolute Gasteiger partial charge is 0.472 e. The highest BCUT2D eigenvalue weighted by atomic mass is 31.2. The first kappa shape index (κ1) is 52.9. The largest absolute Gasteiger partial charge is 0.480 e. The molecule has 3 atom stereocenters. The minimum atomic E-state index is -4.74. The van der Waals surface area contributed by atoms with Crippen molar-refractivity contribution < 1.29 is 47.5 Å². The quantitative estimate of drug-likeness (QED) is 0.0178. The van der Waals surface area contributed by atoms with Crippen LogP contribution in [0.5, 0.6) is 0 Å². The molecule has 320 valence electrons. The van der Waals surface area contributed by atoms with Gasteiger partial charge < -0.3 is 25.2 Å². The first-order valence-corrected chi connectivity index (χ1v) is 22.5. The van der Waals surface area contributed by atoms with E-state index in [4.69, 9.17) is 24.8 Å². The molecule has 56 heavy (non-hydrogen) atoms. The summed E-state index contributed by atoms with van der Waals surface area (Å²) in [4.78, 5) is 45.9. The second-order valence-corrected chi connectivity index (χ2v) is 15.2. The Balaban J connectivity index is 4.54. The molecular weight excluding hydrogens is 733 g/mol. The lowest BCUT2D eigenvalue weighted by Gasteiger charge is -2.20. The van der Waals surface area contributed by atoms with Crippen LogP contribution in [0, 0.1) is 0 Å². The maximum atomic E-state index is 12.6. The van der Waals surface area contributed by atoms with Crippen molar-refractivity contribution in [2.75, 3.05) is 19.8 Å². The number of carbonyl (C=O) groups excluding carboxylic acids is 2. The second-order valence-electron chi connectivity index (χ2n) is 13.8. The number of unbranched alkanes of at least 4 members (excludes halogenated alkanes) is 13. The van der Waals surface area contributed by atoms with Crippen molar-refractivity contribution in [1.29, 1.82) is 0 Å². The van der Waals surface area contributed by atoms with Gasteiger partial charge in [0.2, 0.25) is 0 Å². The van der Waals surface area contributed by atoms with Crippen LogP contribution in [0.2, 0.25) is 0 Å². The molecule has 1 unspecified atom stereocenters. The molecule has 0 aromatic carbocycles. The molecule has 0 amide bonds. The van der Waals surface area contributed by atoms with Crippen molar-refractivity contribution in [1.82, 2.24) is 0 Å². The van der Waals surface area contributed by atoms with E-state index in [1.807, 2.05) is 12.2 Å². The van der Waals surface area contributed by atoms with E-state index in [2.05, 4.69) is 79.1 Å². The van der Waals surface area contributed by atoms with Crippen molar-refractivity contribution in [2.24, 2.45) is 5.73 Å². The zero-order valence-electron chi connectivity index (χ0n) is 34.4. The number of esters is 2. The lowest BCUT2D eigenvalue weighted by Crippen LogP contribution is -2.34. The molecule has 0 spiro atoms. The zero-order valence-corrected chi connectivity index (χ0v) is 35.3. The number of carbonyl (C=O) groups is 3. The molecule has 0 aromatic heterocycles. The Kier molecular flexibility index (Phi) is 36.6. The van der Waals surface area contributed by atoms with Gasteiger partial charge >= 0.3 is 25.7 Å². The summed E-state index contributed by atoms with van der Waals surface area (Å²) in [6, 6.07) is -1.53. The summed E-state index contributed by atoms with van der Waals surface area (Å²) >= 11 is 0. The SMILES string of the molecule is CCCCC/C=C/C/C=C/C/C=C/C/C=C/CCCC(=O)O[C@H](COC(=O)CCCCCCC/C=C/C=C/CCCCCC)COP(=O)(O)OC[C@H](N)C(=O)O. The molecule has 11 nitrogen and oxygen atoms in total. The molecular formula is C44H74NO10P. The monoisotopic (exact) mass is 808 g/mol. The molecule has 0 radical (unpaired) electrons. The van der Waals surface area contributed by atoms with Crippen molar-refractivity contribution >= 4 is 25.7 Å². The third-order valence-electron chi connectivity index (χ3n) is 8.45. The molecule has 12 heteroatoms. The summed E-state index contributed by atoms with van der Waals surface area (Å²) in [6.45, 7) is 2.66. The number of hydrogen-bond donors (Lipinski definition) is 3. The third-order valence-corrected chi connectivity index (χ3v) is 9.41. The average molecular weight is 808 g/mol. The predicted octanol–water partition coefficient (Wildman–Crippen LogP) is 10.9. The molecule has 0 saturated heterocycles. The normalized spacial score (nSPS) is 14.5. The molecule has 0 aliphatic heterocycles. The Morgan fingerprint density at radius 3 is 1.61 bits per heavy atom. The number of aliphatic carboxylic acids is 1. The number of ether oxygens (including phenoxy) is 2. The van der Waals surface area contributed by atoms with Crippen LogP contribution in [0.4, 0.5) is 0 Å². The first-order chi connectivity index (χ1) is 27.1. The fourth-order valence-corrected chi connectivity index (χ4v) is 5.88. The number of hydrogen-bond acceptors (Lipinski definition) is 9. The third kappa shape index (κ3) is 37.8. The van der Waals surface area contributed by atoms with Crippen LogP contribution in [0.3, 0.4) is 0 Å². The van der Waals surface area contributed by atoms with E-state index < -0.39 is 51.1 Å². The van der Waals surface area contributed by atoms with Gasteiger partial charge in [0.15, 0.2) is 6.10 Å². The molecule has 0 aromatic rings. The van der Waals surface area contributed by atoms with Gasteiger partial charge in [0, 0.05) is 12.8 Å². The Morgan fingerprint density at radius 1 is 0.571 bits per heavy atom. The summed E-state index contributed by atoms with van der Waals surface area (Å²) in [5.41, 5.74) is 5.32. The van der Waals surface area contributed by atoms with E-state index in [1.54, 1.807) is 0 Å². The van der Waals surface area contributed by atoms with E-state index in [1.165, 1.54) is 44.9 Å². The molecule has 4 N–H and O–H groups in total. The van der Waals surface area contributed by atoms with Crippen molar-refractivity contribution in [3.05, 3.63) is 72.9 Å². The predicted molar refractivity (Wildman–Crippen MR) is 226 cm³/mol. The van der Waals surface area contributed by atoms with Gasteiger partial charge in [-0.2, -0.15) is 0 Å². The summed E-state index contributed by atoms with van der Waals surface area (Å²) in [5.74, 6) is -2.48. The van der Waals surface area contributed by atoms with Gasteiger partial charge in [0.1, 0.15) is 12.6 Å². The lowest BCUT2D eigenvalue weighted by atomic mass is 10.1. The number of phosphoric acid groups is 1. The van der Waals surface area contributed by atoms with Crippen molar-refractivity contribution in [2.45, 2.75) is 167 Å². The minimum absolute atomic E-state index is 0.0782. The highest BCUT2D eigenvalue weighted by Crippen LogP contribution is 2.43. The Morgan fingerprint density at radius 2 is 1.02 bits per heavy atom. The standard InChI is InChI=1S/C44H74NO10P/c1-3-5-7-9-11-13-15-17-19-20-22-24-26-28-30-32-34-36-43(47)55-40(38-53-56(50,51)54-39-41(45)44(48)49)37-52-42(46)35-33-31-29-27-25-23-21-18-16-14-12-10-8-6-4-2/h11,13-14,16-19,21-22,24,28,30,40-41H,3-10,12,15,20,23,25-27,29,31-39,45H2,1-2H3,(H,48,49)(H,50,51)/b13-11+,16-14+,19-17+,21-18+,24-22+,30-28+/t40-,41+/m1/s1. The number of rotatable bonds is 38. The van der Waals surface area contributed by atoms with Gasteiger partial charge in [0.05, 0.1) is 13.2 Å². The van der Waals surface area contributed by atoms with Gasteiger partial charge in [-0.3, -0.25) is 23.4 Å². The number of carboxylic acids is 1. The van der Waals surface area contributed by atoms with E-state index in [0.717, 1.165) is 64.2 Å². The molecule has 0 fully saturated rings. The fourth-order valence-electron chi connectivity index (χ4n) is 5.11. The molecule has 0 saturated carbocycles. The maximum absolute atomic E-state index is 12.6. The van der Waals surface area contributed by atoms with Gasteiger partial charge in [-0.25, -0.2) is 4.57 Å². The Bertz CT molecular complexity index is 1230. The molecule has 0 aliphatic rings. The van der Waals surface area contributed by atoms with Crippen LogP contribution in [0.25, 0.3) is 0 Å². The molecule has 0 heterocycles. The molecule has 0 bridgehead atoms.